The molecule has 7 unspecified atom stereocenters. The zero-order valence-electron chi connectivity index (χ0n) is 29.6. The number of methoxy groups -OCH3 is 1. The third kappa shape index (κ3) is 2.14. The fourth-order valence-electron chi connectivity index (χ4n) is 15.8. The topological polar surface area (TPSA) is 26.3 Å². The minimum atomic E-state index is -0.435. The lowest BCUT2D eigenvalue weighted by atomic mass is 9.61. The Kier molecular flexibility index (Phi) is 3.68. The van der Waals surface area contributed by atoms with Crippen molar-refractivity contribution in [3.8, 4) is 0 Å². The zero-order valence-corrected chi connectivity index (χ0v) is 29.6. The summed E-state index contributed by atoms with van der Waals surface area (Å²) in [6, 6.07) is 26.5. The average molecular weight is 687 g/mol. The van der Waals surface area contributed by atoms with E-state index in [0.717, 1.165) is 12.8 Å². The molecule has 17 rings (SSSR count). The van der Waals surface area contributed by atoms with Crippen molar-refractivity contribution in [1.29, 1.82) is 0 Å². The molecular weight excluding hydrogens is 657 g/mol. The molecule has 0 aromatic heterocycles. The minimum Gasteiger partial charge on any atom is -0.469 e. The van der Waals surface area contributed by atoms with Gasteiger partial charge in [-0.25, -0.2) is 0 Å². The fourth-order valence-corrected chi connectivity index (χ4v) is 15.8. The van der Waals surface area contributed by atoms with Crippen LogP contribution in [-0.4, -0.2) is 13.1 Å². The number of carbonyl (C=O) groups is 1. The Morgan fingerprint density at radius 1 is 0.704 bits per heavy atom. The molecule has 1 saturated carbocycles. The van der Waals surface area contributed by atoms with Gasteiger partial charge in [-0.05, 0) is 167 Å². The van der Waals surface area contributed by atoms with E-state index in [2.05, 4.69) is 91.0 Å². The lowest BCUT2D eigenvalue weighted by Gasteiger charge is -2.41. The van der Waals surface area contributed by atoms with E-state index in [1.165, 1.54) is 77.5 Å². The molecule has 1 fully saturated rings. The maximum absolute atomic E-state index is 12.9. The molecule has 2 bridgehead atoms. The lowest BCUT2D eigenvalue weighted by molar-refractivity contribution is -0.140. The summed E-state index contributed by atoms with van der Waals surface area (Å²) in [5.74, 6) is 2.85. The van der Waals surface area contributed by atoms with Gasteiger partial charge in [0.15, 0.2) is 0 Å². The van der Waals surface area contributed by atoms with E-state index in [0.29, 0.717) is 41.9 Å². The van der Waals surface area contributed by atoms with Crippen LogP contribution in [0.1, 0.15) is 70.0 Å². The van der Waals surface area contributed by atoms with Gasteiger partial charge >= 0.3 is 5.97 Å². The largest absolute Gasteiger partial charge is 0.469 e. The molecule has 0 spiro atoms. The van der Waals surface area contributed by atoms with Gasteiger partial charge in [-0.3, -0.25) is 4.79 Å². The average Bonchev–Trinajstić information content (AvgIpc) is 3.98. The van der Waals surface area contributed by atoms with Crippen molar-refractivity contribution in [2.75, 3.05) is 7.11 Å². The van der Waals surface area contributed by atoms with Gasteiger partial charge in [-0.15, -0.1) is 0 Å². The first-order valence-electron chi connectivity index (χ1n) is 20.2. The van der Waals surface area contributed by atoms with Crippen LogP contribution in [0.25, 0.3) is 70.6 Å². The van der Waals surface area contributed by atoms with Crippen LogP contribution >= 0.6 is 0 Å². The molecule has 9 aliphatic rings. The van der Waals surface area contributed by atoms with E-state index in [9.17, 15) is 4.79 Å². The molecule has 2 heteroatoms. The van der Waals surface area contributed by atoms with Gasteiger partial charge in [0.2, 0.25) is 0 Å². The van der Waals surface area contributed by atoms with Crippen LogP contribution in [0, 0.1) is 34.1 Å². The second-order valence-corrected chi connectivity index (χ2v) is 18.1. The summed E-state index contributed by atoms with van der Waals surface area (Å²) >= 11 is 0. The first kappa shape index (κ1) is 26.1. The number of benzene rings is 6. The summed E-state index contributed by atoms with van der Waals surface area (Å²) in [4.78, 5) is 12.9. The fraction of sp³-hybridized carbons (Fsp3) is 0.212. The Morgan fingerprint density at radius 3 is 2.41 bits per heavy atom. The summed E-state index contributed by atoms with van der Waals surface area (Å²) in [5.41, 5.74) is 16.8. The number of hydrogen-bond acceptors (Lipinski definition) is 2. The van der Waals surface area contributed by atoms with E-state index >= 15 is 0 Å². The monoisotopic (exact) mass is 686 g/mol. The molecule has 2 nitrogen and oxygen atoms in total. The second-order valence-electron chi connectivity index (χ2n) is 18.1. The van der Waals surface area contributed by atoms with E-state index in [4.69, 9.17) is 4.74 Å². The number of rotatable bonds is 5. The van der Waals surface area contributed by atoms with E-state index < -0.39 is 5.41 Å². The molecule has 0 saturated heterocycles. The molecule has 7 atom stereocenters. The molecule has 54 heavy (non-hydrogen) atoms. The molecule has 0 aliphatic heterocycles. The molecule has 0 heterocycles. The first-order valence-corrected chi connectivity index (χ1v) is 20.2. The number of esters is 1. The second kappa shape index (κ2) is 7.62. The van der Waals surface area contributed by atoms with Crippen LogP contribution in [0.4, 0.5) is 0 Å². The molecule has 0 N–H and O–H groups in total. The number of hydrogen-bond donors (Lipinski definition) is 0. The highest BCUT2D eigenvalue weighted by atomic mass is 16.5. The van der Waals surface area contributed by atoms with Gasteiger partial charge in [0.25, 0.3) is 0 Å². The summed E-state index contributed by atoms with van der Waals surface area (Å²) in [7, 11) is 1.53. The Morgan fingerprint density at radius 2 is 1.52 bits per heavy atom. The predicted molar refractivity (Wildman–Crippen MR) is 214 cm³/mol. The van der Waals surface area contributed by atoms with Crippen LogP contribution < -0.4 is 10.4 Å². The standard InChI is InChI=1S/C52H30O2/c1-54-31(53)8-5-19-52(20-6-3-2-4-7-20)50-30-18-17-28-27-14-13-24-23-10-9-21-22-11-12-25-26-15-16-29(30)39-38(26)43-35(25)34(22)41-32(21)33(23)42-36(24)37(27)44(40(28)50)48-46(42)45(41)47(43)49(48)51(39)52/h2-4,6-7,9-18,21,23-24,32-33,36H,5,8,19H2,1H3. The third-order valence-electron chi connectivity index (χ3n) is 16.9. The van der Waals surface area contributed by atoms with Crippen LogP contribution in [0.2, 0.25) is 0 Å². The number of ether oxygens (including phenoxy) is 1. The van der Waals surface area contributed by atoms with Gasteiger partial charge < -0.3 is 4.74 Å². The lowest BCUT2D eigenvalue weighted by Crippen LogP contribution is -2.35. The molecular formula is C52H30O2. The first-order chi connectivity index (χ1) is 26.7. The molecule has 250 valence electrons. The maximum atomic E-state index is 12.9. The van der Waals surface area contributed by atoms with Crippen molar-refractivity contribution in [3.05, 3.63) is 156 Å². The normalized spacial score (nSPS) is 29.3. The van der Waals surface area contributed by atoms with Crippen LogP contribution in [0.3, 0.4) is 0 Å². The Labute approximate surface area is 308 Å². The Hall–Kier alpha value is -5.73. The molecule has 9 aliphatic carbocycles. The third-order valence-corrected chi connectivity index (χ3v) is 16.9. The van der Waals surface area contributed by atoms with Gasteiger partial charge in [0.05, 0.1) is 7.11 Å². The van der Waals surface area contributed by atoms with Crippen molar-refractivity contribution >= 4 is 76.6 Å². The number of carbonyl (C=O) groups excluding carboxylic acids is 1. The van der Waals surface area contributed by atoms with Crippen molar-refractivity contribution in [2.45, 2.75) is 36.5 Å². The minimum absolute atomic E-state index is 0.119. The van der Waals surface area contributed by atoms with Crippen molar-refractivity contribution in [2.24, 2.45) is 23.7 Å². The highest BCUT2D eigenvalue weighted by Crippen LogP contribution is 2.73. The molecule has 8 aromatic rings. The summed E-state index contributed by atoms with van der Waals surface area (Å²) in [5, 5.41) is 21.1. The summed E-state index contributed by atoms with van der Waals surface area (Å²) in [6.07, 6.45) is 12.6. The number of fused-ring (bicyclic) bond motifs is 3. The van der Waals surface area contributed by atoms with Crippen LogP contribution in [0.5, 0.6) is 0 Å². The van der Waals surface area contributed by atoms with Gasteiger partial charge in [0.1, 0.15) is 0 Å². The van der Waals surface area contributed by atoms with Gasteiger partial charge in [0, 0.05) is 29.6 Å². The van der Waals surface area contributed by atoms with Crippen molar-refractivity contribution in [3.63, 3.8) is 0 Å². The molecule has 0 radical (unpaired) electrons. The number of allylic oxidation sites excluding steroid dienone is 5. The SMILES string of the molecule is COC(=O)CCCC1(c2ccccc2)c2c3c4ccc2=c2ccc5c6ccc7c8c9c%10c%11c(c%12c1c2c5c(c%12%10)c86)C3=C1C=4C=CC2C1C=%11C1C2C=CC7C91. The van der Waals surface area contributed by atoms with Crippen molar-refractivity contribution < 1.29 is 9.53 Å². The van der Waals surface area contributed by atoms with Gasteiger partial charge in [-0.2, -0.15) is 0 Å². The van der Waals surface area contributed by atoms with Crippen LogP contribution in [-0.2, 0) is 14.9 Å². The van der Waals surface area contributed by atoms with Gasteiger partial charge in [-0.1, -0.05) is 91.0 Å². The van der Waals surface area contributed by atoms with Crippen LogP contribution in [0.15, 0.2) is 96.6 Å². The molecule has 8 aromatic carbocycles. The molecule has 0 amide bonds. The Bertz CT molecular complexity index is 3670. The smallest absolute Gasteiger partial charge is 0.305 e. The Balaban J connectivity index is 1.26. The predicted octanol–water partition coefficient (Wildman–Crippen LogP) is 9.30. The maximum Gasteiger partial charge on any atom is 0.305 e. The zero-order chi connectivity index (χ0) is 34.4. The highest BCUT2D eigenvalue weighted by Gasteiger charge is 2.62. The van der Waals surface area contributed by atoms with E-state index in [-0.39, 0.29) is 5.97 Å². The summed E-state index contributed by atoms with van der Waals surface area (Å²) < 4.78 is 5.30. The highest BCUT2D eigenvalue weighted by molar-refractivity contribution is 6.47. The quantitative estimate of drug-likeness (QED) is 0.103. The van der Waals surface area contributed by atoms with E-state index in [1.807, 2.05) is 0 Å². The van der Waals surface area contributed by atoms with E-state index in [1.54, 1.807) is 65.6 Å². The summed E-state index contributed by atoms with van der Waals surface area (Å²) in [6.45, 7) is 0. The van der Waals surface area contributed by atoms with Crippen molar-refractivity contribution in [1.82, 2.24) is 0 Å².